The van der Waals surface area contributed by atoms with Crippen molar-refractivity contribution in [1.82, 2.24) is 14.9 Å². The van der Waals surface area contributed by atoms with Crippen LogP contribution in [0.5, 0.6) is 11.5 Å². The number of urea groups is 1. The van der Waals surface area contributed by atoms with Crippen molar-refractivity contribution < 1.29 is 23.8 Å². The van der Waals surface area contributed by atoms with E-state index >= 15 is 0 Å². The van der Waals surface area contributed by atoms with Crippen molar-refractivity contribution in [3.8, 4) is 11.5 Å². The van der Waals surface area contributed by atoms with E-state index in [4.69, 9.17) is 14.2 Å². The Hall–Kier alpha value is -4.08. The van der Waals surface area contributed by atoms with E-state index in [2.05, 4.69) is 20.2 Å². The minimum atomic E-state index is -0.384. The first-order chi connectivity index (χ1) is 16.5. The SMILES string of the molecule is CCOC(=O)c1ccc(NC(=O)N2CCN(c3ncnc4cc(OC)c(OC)cc34)CC2)cc1. The first-order valence-electron chi connectivity index (χ1n) is 11.0. The van der Waals surface area contributed by atoms with Crippen molar-refractivity contribution in [2.45, 2.75) is 6.92 Å². The standard InChI is InChI=1S/C24H27N5O5/c1-4-34-23(30)16-5-7-17(8-6-16)27-24(31)29-11-9-28(10-12-29)22-18-13-20(32-2)21(33-3)14-19(18)25-15-26-22/h5-8,13-15H,4,9-12H2,1-3H3,(H,27,31). The van der Waals surface area contributed by atoms with Gasteiger partial charge in [0.15, 0.2) is 11.5 Å². The number of rotatable bonds is 6. The Kier molecular flexibility index (Phi) is 6.95. The summed E-state index contributed by atoms with van der Waals surface area (Å²) in [6, 6.07) is 10.2. The Morgan fingerprint density at radius 3 is 2.29 bits per heavy atom. The number of carbonyl (C=O) groups excluding carboxylic acids is 2. The lowest BCUT2D eigenvalue weighted by Crippen LogP contribution is -2.50. The number of nitrogens with one attached hydrogen (secondary N) is 1. The topological polar surface area (TPSA) is 106 Å². The van der Waals surface area contributed by atoms with E-state index in [0.717, 1.165) is 16.7 Å². The lowest BCUT2D eigenvalue weighted by Gasteiger charge is -2.35. The van der Waals surface area contributed by atoms with Gasteiger partial charge in [0.25, 0.3) is 0 Å². The molecule has 1 saturated heterocycles. The van der Waals surface area contributed by atoms with Crippen molar-refractivity contribution in [3.63, 3.8) is 0 Å². The molecule has 1 fully saturated rings. The maximum Gasteiger partial charge on any atom is 0.338 e. The lowest BCUT2D eigenvalue weighted by molar-refractivity contribution is 0.0526. The monoisotopic (exact) mass is 465 g/mol. The van der Waals surface area contributed by atoms with Crippen LogP contribution in [0.2, 0.25) is 0 Å². The molecule has 10 nitrogen and oxygen atoms in total. The molecule has 10 heteroatoms. The predicted molar refractivity (Wildman–Crippen MR) is 128 cm³/mol. The van der Waals surface area contributed by atoms with Crippen LogP contribution in [0.4, 0.5) is 16.3 Å². The van der Waals surface area contributed by atoms with Crippen LogP contribution in [0, 0.1) is 0 Å². The molecule has 0 bridgehead atoms. The third-order valence-electron chi connectivity index (χ3n) is 5.63. The van der Waals surface area contributed by atoms with E-state index < -0.39 is 0 Å². The number of carbonyl (C=O) groups is 2. The number of fused-ring (bicyclic) bond motifs is 1. The van der Waals surface area contributed by atoms with Crippen molar-refractivity contribution in [1.29, 1.82) is 0 Å². The second-order valence-electron chi connectivity index (χ2n) is 7.62. The van der Waals surface area contributed by atoms with Gasteiger partial charge in [0, 0.05) is 43.3 Å². The molecule has 1 aliphatic rings. The lowest BCUT2D eigenvalue weighted by atomic mass is 10.2. The summed E-state index contributed by atoms with van der Waals surface area (Å²) in [4.78, 5) is 37.3. The van der Waals surface area contributed by atoms with Crippen molar-refractivity contribution in [3.05, 3.63) is 48.3 Å². The third kappa shape index (κ3) is 4.80. The summed E-state index contributed by atoms with van der Waals surface area (Å²) < 4.78 is 15.8. The van der Waals surface area contributed by atoms with Crippen LogP contribution in [-0.2, 0) is 4.74 Å². The molecule has 1 N–H and O–H groups in total. The number of benzene rings is 2. The molecule has 1 aromatic heterocycles. The highest BCUT2D eigenvalue weighted by Gasteiger charge is 2.24. The Labute approximate surface area is 197 Å². The Morgan fingerprint density at radius 1 is 0.971 bits per heavy atom. The number of nitrogens with zero attached hydrogens (tertiary/aromatic N) is 4. The van der Waals surface area contributed by atoms with E-state index in [9.17, 15) is 9.59 Å². The highest BCUT2D eigenvalue weighted by atomic mass is 16.5. The fraction of sp³-hybridized carbons (Fsp3) is 0.333. The van der Waals surface area contributed by atoms with Crippen LogP contribution in [-0.4, -0.2) is 73.9 Å². The summed E-state index contributed by atoms with van der Waals surface area (Å²) in [5.41, 5.74) is 1.82. The van der Waals surface area contributed by atoms with Crippen LogP contribution in [0.3, 0.4) is 0 Å². The molecular weight excluding hydrogens is 438 g/mol. The molecule has 2 heterocycles. The van der Waals surface area contributed by atoms with Crippen LogP contribution in [0.1, 0.15) is 17.3 Å². The molecule has 178 valence electrons. The molecule has 4 rings (SSSR count). The normalized spacial score (nSPS) is 13.5. The molecule has 0 spiro atoms. The Morgan fingerprint density at radius 2 is 1.65 bits per heavy atom. The fourth-order valence-corrected chi connectivity index (χ4v) is 3.85. The first kappa shape index (κ1) is 23.1. The Bertz CT molecular complexity index is 1180. The van der Waals surface area contributed by atoms with E-state index in [1.165, 1.54) is 6.33 Å². The largest absolute Gasteiger partial charge is 0.493 e. The number of hydrogen-bond donors (Lipinski definition) is 1. The van der Waals surface area contributed by atoms with E-state index in [0.29, 0.717) is 55.5 Å². The summed E-state index contributed by atoms with van der Waals surface area (Å²) >= 11 is 0. The van der Waals surface area contributed by atoms with Gasteiger partial charge in [-0.15, -0.1) is 0 Å². The second-order valence-corrected chi connectivity index (χ2v) is 7.62. The maximum absolute atomic E-state index is 12.7. The molecule has 0 saturated carbocycles. The zero-order chi connectivity index (χ0) is 24.1. The summed E-state index contributed by atoms with van der Waals surface area (Å²) in [5.74, 6) is 1.62. The van der Waals surface area contributed by atoms with Crippen LogP contribution in [0.25, 0.3) is 10.9 Å². The summed E-state index contributed by atoms with van der Waals surface area (Å²) in [5, 5.41) is 3.74. The van der Waals surface area contributed by atoms with Crippen molar-refractivity contribution >= 4 is 34.4 Å². The number of methoxy groups -OCH3 is 2. The third-order valence-corrected chi connectivity index (χ3v) is 5.63. The molecule has 0 atom stereocenters. The maximum atomic E-state index is 12.7. The molecular formula is C24H27N5O5. The minimum Gasteiger partial charge on any atom is -0.493 e. The van der Waals surface area contributed by atoms with E-state index in [-0.39, 0.29) is 12.0 Å². The highest BCUT2D eigenvalue weighted by molar-refractivity contribution is 5.93. The van der Waals surface area contributed by atoms with Gasteiger partial charge < -0.3 is 29.3 Å². The first-order valence-corrected chi connectivity index (χ1v) is 11.0. The number of piperazine rings is 1. The molecule has 2 amide bonds. The minimum absolute atomic E-state index is 0.192. The second kappa shape index (κ2) is 10.2. The summed E-state index contributed by atoms with van der Waals surface area (Å²) in [7, 11) is 3.18. The molecule has 2 aromatic carbocycles. The average Bonchev–Trinajstić information content (AvgIpc) is 2.88. The Balaban J connectivity index is 1.41. The number of ether oxygens (including phenoxy) is 3. The van der Waals surface area contributed by atoms with Gasteiger partial charge in [0.1, 0.15) is 12.1 Å². The average molecular weight is 466 g/mol. The smallest absolute Gasteiger partial charge is 0.338 e. The number of anilines is 2. The molecule has 34 heavy (non-hydrogen) atoms. The molecule has 0 unspecified atom stereocenters. The summed E-state index contributed by atoms with van der Waals surface area (Å²) in [6.45, 7) is 4.38. The molecule has 1 aliphatic heterocycles. The zero-order valence-electron chi connectivity index (χ0n) is 19.4. The van der Waals surface area contributed by atoms with Crippen LogP contribution >= 0.6 is 0 Å². The van der Waals surface area contributed by atoms with E-state index in [1.54, 1.807) is 50.3 Å². The number of hydrogen-bond acceptors (Lipinski definition) is 8. The number of amides is 2. The quantitative estimate of drug-likeness (QED) is 0.554. The number of esters is 1. The predicted octanol–water partition coefficient (Wildman–Crippen LogP) is 3.18. The highest BCUT2D eigenvalue weighted by Crippen LogP contribution is 2.34. The van der Waals surface area contributed by atoms with E-state index in [1.807, 2.05) is 12.1 Å². The molecule has 3 aromatic rings. The molecule has 0 radical (unpaired) electrons. The van der Waals surface area contributed by atoms with Gasteiger partial charge in [-0.25, -0.2) is 19.6 Å². The van der Waals surface area contributed by atoms with Crippen LogP contribution in [0.15, 0.2) is 42.7 Å². The zero-order valence-corrected chi connectivity index (χ0v) is 19.4. The van der Waals surface area contributed by atoms with Gasteiger partial charge in [0.2, 0.25) is 0 Å². The fourth-order valence-electron chi connectivity index (χ4n) is 3.85. The van der Waals surface area contributed by atoms with Crippen molar-refractivity contribution in [2.75, 3.05) is 57.2 Å². The number of aromatic nitrogens is 2. The van der Waals surface area contributed by atoms with Crippen molar-refractivity contribution in [2.24, 2.45) is 0 Å². The van der Waals surface area contributed by atoms with Gasteiger partial charge in [-0.1, -0.05) is 0 Å². The van der Waals surface area contributed by atoms with Gasteiger partial charge in [-0.2, -0.15) is 0 Å². The van der Waals surface area contributed by atoms with Gasteiger partial charge in [-0.05, 0) is 37.3 Å². The van der Waals surface area contributed by atoms with Gasteiger partial charge in [-0.3, -0.25) is 0 Å². The van der Waals surface area contributed by atoms with Crippen LogP contribution < -0.4 is 19.7 Å². The summed E-state index contributed by atoms with van der Waals surface area (Å²) in [6.07, 6.45) is 1.53. The van der Waals surface area contributed by atoms with Gasteiger partial charge >= 0.3 is 12.0 Å². The van der Waals surface area contributed by atoms with Gasteiger partial charge in [0.05, 0.1) is 31.9 Å². The molecule has 0 aliphatic carbocycles.